The first-order valence-corrected chi connectivity index (χ1v) is 10.1. The lowest BCUT2D eigenvalue weighted by Crippen LogP contribution is -2.38. The second-order valence-corrected chi connectivity index (χ2v) is 7.04. The van der Waals surface area contributed by atoms with Gasteiger partial charge in [-0.2, -0.15) is 0 Å². The largest absolute Gasteiger partial charge is 0.480 e. The van der Waals surface area contributed by atoms with Gasteiger partial charge in [-0.05, 0) is 25.0 Å². The number of benzene rings is 2. The van der Waals surface area contributed by atoms with E-state index in [2.05, 4.69) is 5.32 Å². The maximum atomic E-state index is 11.6. The van der Waals surface area contributed by atoms with E-state index in [1.54, 1.807) is 6.92 Å². The molecular formula is C23H26N2O8. The van der Waals surface area contributed by atoms with E-state index in [0.29, 0.717) is 0 Å². The smallest absolute Gasteiger partial charge is 0.413 e. The molecule has 0 radical (unpaired) electrons. The summed E-state index contributed by atoms with van der Waals surface area (Å²) in [5.41, 5.74) is 1.75. The Bertz CT molecular complexity index is 936. The number of hydrogen-bond donors (Lipinski definition) is 2. The summed E-state index contributed by atoms with van der Waals surface area (Å²) in [6.07, 6.45) is -1.27. The van der Waals surface area contributed by atoms with Crippen molar-refractivity contribution in [2.75, 3.05) is 6.73 Å². The molecular weight excluding hydrogens is 432 g/mol. The van der Waals surface area contributed by atoms with Crippen LogP contribution in [0.5, 0.6) is 0 Å². The monoisotopic (exact) mass is 458 g/mol. The van der Waals surface area contributed by atoms with Crippen molar-refractivity contribution >= 4 is 24.1 Å². The lowest BCUT2D eigenvalue weighted by molar-refractivity contribution is -0.139. The van der Waals surface area contributed by atoms with Gasteiger partial charge in [-0.25, -0.2) is 14.4 Å². The summed E-state index contributed by atoms with van der Waals surface area (Å²) in [6.45, 7) is 3.26. The third-order valence-electron chi connectivity index (χ3n) is 4.51. The number of alkyl carbamates (subject to hydrolysis) is 1. The molecule has 2 amide bonds. The molecule has 33 heavy (non-hydrogen) atoms. The molecule has 1 aliphatic heterocycles. The predicted molar refractivity (Wildman–Crippen MR) is 116 cm³/mol. The van der Waals surface area contributed by atoms with Crippen LogP contribution in [0.1, 0.15) is 25.0 Å². The maximum Gasteiger partial charge on any atom is 0.413 e. The first-order valence-electron chi connectivity index (χ1n) is 10.1. The van der Waals surface area contributed by atoms with Crippen LogP contribution < -0.4 is 5.32 Å². The molecule has 1 heterocycles. The number of rotatable bonds is 6. The molecule has 2 atom stereocenters. The van der Waals surface area contributed by atoms with Gasteiger partial charge in [0, 0.05) is 0 Å². The lowest BCUT2D eigenvalue weighted by atomic mass is 10.2. The highest BCUT2D eigenvalue weighted by Crippen LogP contribution is 2.13. The summed E-state index contributed by atoms with van der Waals surface area (Å²) < 4.78 is 14.7. The Morgan fingerprint density at radius 2 is 1.55 bits per heavy atom. The van der Waals surface area contributed by atoms with Crippen LogP contribution in [0.15, 0.2) is 60.7 Å². The number of nitrogens with zero attached hydrogens (tertiary/aromatic N) is 1. The molecule has 176 valence electrons. The quantitative estimate of drug-likeness (QED) is 0.499. The van der Waals surface area contributed by atoms with Crippen LogP contribution >= 0.6 is 0 Å². The minimum absolute atomic E-state index is 0.0341. The molecule has 10 nitrogen and oxygen atoms in total. The van der Waals surface area contributed by atoms with E-state index in [1.165, 1.54) is 11.8 Å². The molecule has 0 aliphatic carbocycles. The predicted octanol–water partition coefficient (Wildman–Crippen LogP) is 2.91. The average Bonchev–Trinajstić information content (AvgIpc) is 3.16. The normalized spacial score (nSPS) is 15.4. The van der Waals surface area contributed by atoms with E-state index in [0.717, 1.165) is 11.1 Å². The number of carbonyl (C=O) groups is 4. The highest BCUT2D eigenvalue weighted by Gasteiger charge is 2.35. The zero-order chi connectivity index (χ0) is 24.2. The molecule has 0 unspecified atom stereocenters. The van der Waals surface area contributed by atoms with Crippen molar-refractivity contribution in [3.8, 4) is 0 Å². The van der Waals surface area contributed by atoms with Crippen molar-refractivity contribution < 1.29 is 38.5 Å². The van der Waals surface area contributed by atoms with E-state index in [-0.39, 0.29) is 19.9 Å². The number of esters is 1. The van der Waals surface area contributed by atoms with Crippen molar-refractivity contribution in [3.05, 3.63) is 71.8 Å². The highest BCUT2D eigenvalue weighted by molar-refractivity contribution is 5.83. The van der Waals surface area contributed by atoms with Gasteiger partial charge in [-0.1, -0.05) is 60.7 Å². The standard InChI is InChI=1S/C12H13NO4.C11H13NO4/c1-9-11(14)17-8-13(9)12(15)16-7-10-5-3-2-4-6-10;1-8(10(13)14)12-11(15)16-7-9-5-3-2-4-6-9/h2-6,9H,7-8H2,1H3;2-6,8H,7H2,1H3,(H,12,15)(H,13,14)/t9-;8-/m00/s1. The second kappa shape index (κ2) is 12.7. The summed E-state index contributed by atoms with van der Waals surface area (Å²) in [7, 11) is 0. The van der Waals surface area contributed by atoms with Crippen molar-refractivity contribution in [1.82, 2.24) is 10.2 Å². The van der Waals surface area contributed by atoms with Crippen molar-refractivity contribution in [2.45, 2.75) is 39.1 Å². The number of ether oxygens (including phenoxy) is 3. The Morgan fingerprint density at radius 1 is 1.03 bits per heavy atom. The first kappa shape index (κ1) is 25.2. The summed E-state index contributed by atoms with van der Waals surface area (Å²) in [6, 6.07) is 17.0. The van der Waals surface area contributed by atoms with Crippen molar-refractivity contribution in [1.29, 1.82) is 0 Å². The number of aliphatic carboxylic acids is 1. The summed E-state index contributed by atoms with van der Waals surface area (Å²) in [5.74, 6) is -1.50. The summed E-state index contributed by atoms with van der Waals surface area (Å²) in [5, 5.41) is 10.7. The number of hydrogen-bond acceptors (Lipinski definition) is 7. The Labute approximate surface area is 191 Å². The van der Waals surface area contributed by atoms with Crippen LogP contribution in [0.2, 0.25) is 0 Å². The van der Waals surface area contributed by atoms with E-state index >= 15 is 0 Å². The summed E-state index contributed by atoms with van der Waals surface area (Å²) >= 11 is 0. The van der Waals surface area contributed by atoms with Gasteiger partial charge in [-0.3, -0.25) is 9.69 Å². The second-order valence-electron chi connectivity index (χ2n) is 7.04. The van der Waals surface area contributed by atoms with Gasteiger partial charge < -0.3 is 24.6 Å². The van der Waals surface area contributed by atoms with Gasteiger partial charge >= 0.3 is 24.1 Å². The third kappa shape index (κ3) is 8.52. The topological polar surface area (TPSA) is 131 Å². The molecule has 0 saturated carbocycles. The number of nitrogens with one attached hydrogen (secondary N) is 1. The third-order valence-corrected chi connectivity index (χ3v) is 4.51. The van der Waals surface area contributed by atoms with Gasteiger partial charge in [0.15, 0.2) is 6.73 Å². The molecule has 2 aromatic carbocycles. The maximum absolute atomic E-state index is 11.6. The SMILES string of the molecule is C[C@H](NC(=O)OCc1ccccc1)C(=O)O.C[C@H]1C(=O)OCN1C(=O)OCc1ccccc1. The lowest BCUT2D eigenvalue weighted by Gasteiger charge is -2.16. The molecule has 1 aliphatic rings. The number of amides is 2. The minimum atomic E-state index is -1.10. The Morgan fingerprint density at radius 3 is 2.00 bits per heavy atom. The summed E-state index contributed by atoms with van der Waals surface area (Å²) in [4.78, 5) is 45.6. The van der Waals surface area contributed by atoms with Crippen LogP contribution in [0.3, 0.4) is 0 Å². The van der Waals surface area contributed by atoms with Crippen LogP contribution in [0.4, 0.5) is 9.59 Å². The van der Waals surface area contributed by atoms with E-state index in [4.69, 9.17) is 19.3 Å². The van der Waals surface area contributed by atoms with E-state index in [9.17, 15) is 19.2 Å². The van der Waals surface area contributed by atoms with Crippen LogP contribution in [-0.2, 0) is 37.0 Å². The molecule has 3 rings (SSSR count). The fraction of sp³-hybridized carbons (Fsp3) is 0.304. The van der Waals surface area contributed by atoms with E-state index < -0.39 is 36.2 Å². The molecule has 2 aromatic rings. The molecule has 0 aromatic heterocycles. The molecule has 10 heteroatoms. The molecule has 1 fully saturated rings. The van der Waals surface area contributed by atoms with Gasteiger partial charge in [0.1, 0.15) is 25.3 Å². The van der Waals surface area contributed by atoms with Gasteiger partial charge in [0.05, 0.1) is 0 Å². The Balaban J connectivity index is 0.000000234. The molecule has 2 N–H and O–H groups in total. The van der Waals surface area contributed by atoms with Crippen LogP contribution in [0, 0.1) is 0 Å². The zero-order valence-electron chi connectivity index (χ0n) is 18.3. The average molecular weight is 458 g/mol. The van der Waals surface area contributed by atoms with Gasteiger partial charge in [0.2, 0.25) is 0 Å². The number of carboxylic acid groups (broad SMARTS) is 1. The highest BCUT2D eigenvalue weighted by atomic mass is 16.6. The Kier molecular flexibility index (Phi) is 9.69. The van der Waals surface area contributed by atoms with Gasteiger partial charge in [-0.15, -0.1) is 0 Å². The molecule has 0 spiro atoms. The first-order chi connectivity index (χ1) is 15.8. The minimum Gasteiger partial charge on any atom is -0.480 e. The Hall–Kier alpha value is -4.08. The van der Waals surface area contributed by atoms with Crippen LogP contribution in [0.25, 0.3) is 0 Å². The zero-order valence-corrected chi connectivity index (χ0v) is 18.3. The van der Waals surface area contributed by atoms with Crippen molar-refractivity contribution in [3.63, 3.8) is 0 Å². The number of carbonyl (C=O) groups excluding carboxylic acids is 3. The fourth-order valence-corrected chi connectivity index (χ4v) is 2.51. The van der Waals surface area contributed by atoms with Crippen molar-refractivity contribution in [2.24, 2.45) is 0 Å². The number of carboxylic acids is 1. The van der Waals surface area contributed by atoms with E-state index in [1.807, 2.05) is 60.7 Å². The fourth-order valence-electron chi connectivity index (χ4n) is 2.51. The van der Waals surface area contributed by atoms with Gasteiger partial charge in [0.25, 0.3) is 0 Å². The molecule has 0 bridgehead atoms. The molecule has 1 saturated heterocycles. The number of cyclic esters (lactones) is 1. The van der Waals surface area contributed by atoms with Crippen LogP contribution in [-0.4, -0.2) is 52.9 Å².